The molecule has 4 nitrogen and oxygen atoms in total. The molecule has 2 atom stereocenters. The van der Waals surface area contributed by atoms with Crippen molar-refractivity contribution in [3.63, 3.8) is 0 Å². The molecular weight excluding hydrogens is 296 g/mol. The first-order valence-corrected chi connectivity index (χ1v) is 7.86. The van der Waals surface area contributed by atoms with Crippen molar-refractivity contribution in [3.05, 3.63) is 0 Å². The fourth-order valence-electron chi connectivity index (χ4n) is 3.37. The minimum atomic E-state index is -0.637. The van der Waals surface area contributed by atoms with Gasteiger partial charge < -0.3 is 5.32 Å². The van der Waals surface area contributed by atoms with Crippen LogP contribution in [0.5, 0.6) is 0 Å². The van der Waals surface area contributed by atoms with Crippen LogP contribution in [-0.2, 0) is 4.79 Å². The molecule has 0 radical (unpaired) electrons. The van der Waals surface area contributed by atoms with Crippen LogP contribution in [0.3, 0.4) is 0 Å². The van der Waals surface area contributed by atoms with Crippen LogP contribution in [0, 0.1) is 11.8 Å². The molecule has 0 aromatic carbocycles. The van der Waals surface area contributed by atoms with Gasteiger partial charge in [0.05, 0.1) is 0 Å². The maximum atomic E-state index is 12.6. The first-order chi connectivity index (χ1) is 8.54. The molecule has 0 aromatic heterocycles. The van der Waals surface area contributed by atoms with Crippen LogP contribution < -0.4 is 5.32 Å². The molecule has 1 spiro atoms. The van der Waals surface area contributed by atoms with E-state index in [2.05, 4.69) is 35.1 Å². The van der Waals surface area contributed by atoms with Gasteiger partial charge in [0, 0.05) is 11.9 Å². The van der Waals surface area contributed by atoms with Gasteiger partial charge in [-0.05, 0) is 31.1 Å². The molecule has 0 aromatic rings. The van der Waals surface area contributed by atoms with Gasteiger partial charge >= 0.3 is 6.03 Å². The zero-order valence-electron chi connectivity index (χ0n) is 11.0. The van der Waals surface area contributed by atoms with E-state index < -0.39 is 5.54 Å². The SMILES string of the molecule is CC1CCCC(C)C12NC(=O)N(CCCBr)C2=O. The second-order valence-corrected chi connectivity index (χ2v) is 6.32. The summed E-state index contributed by atoms with van der Waals surface area (Å²) in [6, 6.07) is -0.207. The third-order valence-electron chi connectivity index (χ3n) is 4.50. The number of amides is 3. The molecule has 102 valence electrons. The smallest absolute Gasteiger partial charge is 0.323 e. The first-order valence-electron chi connectivity index (χ1n) is 6.74. The Kier molecular flexibility index (Phi) is 3.99. The highest BCUT2D eigenvalue weighted by Gasteiger charge is 2.57. The summed E-state index contributed by atoms with van der Waals surface area (Å²) in [7, 11) is 0. The summed E-state index contributed by atoms with van der Waals surface area (Å²) < 4.78 is 0. The van der Waals surface area contributed by atoms with E-state index in [-0.39, 0.29) is 23.8 Å². The lowest BCUT2D eigenvalue weighted by Gasteiger charge is -2.42. The molecule has 2 rings (SSSR count). The van der Waals surface area contributed by atoms with Gasteiger partial charge in [0.25, 0.3) is 5.91 Å². The van der Waals surface area contributed by atoms with Gasteiger partial charge in [0.15, 0.2) is 0 Å². The van der Waals surface area contributed by atoms with Crippen LogP contribution >= 0.6 is 15.9 Å². The minimum Gasteiger partial charge on any atom is -0.323 e. The van der Waals surface area contributed by atoms with Crippen LogP contribution in [0.15, 0.2) is 0 Å². The zero-order valence-corrected chi connectivity index (χ0v) is 12.6. The Labute approximate surface area is 117 Å². The van der Waals surface area contributed by atoms with E-state index in [4.69, 9.17) is 0 Å². The molecule has 1 aliphatic heterocycles. The zero-order chi connectivity index (χ0) is 13.3. The lowest BCUT2D eigenvalue weighted by molar-refractivity contribution is -0.136. The van der Waals surface area contributed by atoms with Crippen LogP contribution in [0.4, 0.5) is 4.79 Å². The number of nitrogens with one attached hydrogen (secondary N) is 1. The summed E-state index contributed by atoms with van der Waals surface area (Å²) in [5.41, 5.74) is -0.637. The summed E-state index contributed by atoms with van der Waals surface area (Å²) in [5, 5.41) is 3.81. The lowest BCUT2D eigenvalue weighted by atomic mass is 9.67. The fraction of sp³-hybridized carbons (Fsp3) is 0.846. The normalized spacial score (nSPS) is 36.3. The van der Waals surface area contributed by atoms with Crippen molar-refractivity contribution in [3.8, 4) is 0 Å². The number of urea groups is 1. The van der Waals surface area contributed by atoms with E-state index in [0.29, 0.717) is 6.54 Å². The molecule has 3 amide bonds. The van der Waals surface area contributed by atoms with E-state index in [1.807, 2.05) is 0 Å². The average molecular weight is 317 g/mol. The molecule has 5 heteroatoms. The Morgan fingerprint density at radius 2 is 1.94 bits per heavy atom. The van der Waals surface area contributed by atoms with Crippen molar-refractivity contribution in [1.82, 2.24) is 10.2 Å². The molecule has 0 bridgehead atoms. The van der Waals surface area contributed by atoms with Crippen molar-refractivity contribution in [2.24, 2.45) is 11.8 Å². The maximum absolute atomic E-state index is 12.6. The first kappa shape index (κ1) is 13.8. The van der Waals surface area contributed by atoms with E-state index in [0.717, 1.165) is 31.0 Å². The summed E-state index contributed by atoms with van der Waals surface area (Å²) in [6.07, 6.45) is 3.98. The summed E-state index contributed by atoms with van der Waals surface area (Å²) in [4.78, 5) is 26.1. The van der Waals surface area contributed by atoms with E-state index in [1.165, 1.54) is 4.90 Å². The molecule has 2 fully saturated rings. The predicted octanol–water partition coefficient (Wildman–Crippen LogP) is 2.52. The van der Waals surface area contributed by atoms with Gasteiger partial charge in [-0.25, -0.2) is 4.79 Å². The van der Waals surface area contributed by atoms with E-state index in [9.17, 15) is 9.59 Å². The molecule has 2 unspecified atom stereocenters. The maximum Gasteiger partial charge on any atom is 0.325 e. The van der Waals surface area contributed by atoms with Crippen molar-refractivity contribution in [1.29, 1.82) is 0 Å². The van der Waals surface area contributed by atoms with Crippen LogP contribution in [-0.4, -0.2) is 34.3 Å². The highest BCUT2D eigenvalue weighted by Crippen LogP contribution is 2.42. The number of halogens is 1. The van der Waals surface area contributed by atoms with Gasteiger partial charge in [-0.2, -0.15) is 0 Å². The third-order valence-corrected chi connectivity index (χ3v) is 5.06. The second kappa shape index (κ2) is 5.19. The van der Waals surface area contributed by atoms with Crippen LogP contribution in [0.2, 0.25) is 0 Å². The Balaban J connectivity index is 2.24. The molecule has 18 heavy (non-hydrogen) atoms. The van der Waals surface area contributed by atoms with Crippen LogP contribution in [0.25, 0.3) is 0 Å². The molecule has 2 aliphatic rings. The van der Waals surface area contributed by atoms with Crippen molar-refractivity contribution in [2.75, 3.05) is 11.9 Å². The highest BCUT2D eigenvalue weighted by molar-refractivity contribution is 9.09. The van der Waals surface area contributed by atoms with Crippen molar-refractivity contribution in [2.45, 2.75) is 45.1 Å². The van der Waals surface area contributed by atoms with Gasteiger partial charge in [-0.3, -0.25) is 9.69 Å². The topological polar surface area (TPSA) is 49.4 Å². The van der Waals surface area contributed by atoms with Gasteiger partial charge in [0.2, 0.25) is 0 Å². The Morgan fingerprint density at radius 1 is 1.33 bits per heavy atom. The average Bonchev–Trinajstić information content (AvgIpc) is 2.58. The molecule has 1 saturated carbocycles. The Bertz CT molecular complexity index is 349. The van der Waals surface area contributed by atoms with Gasteiger partial charge in [-0.1, -0.05) is 36.2 Å². The monoisotopic (exact) mass is 316 g/mol. The second-order valence-electron chi connectivity index (χ2n) is 5.53. The number of alkyl halides is 1. The third kappa shape index (κ3) is 1.96. The van der Waals surface area contributed by atoms with Gasteiger partial charge in [0.1, 0.15) is 5.54 Å². The molecule has 1 heterocycles. The molecular formula is C13H21BrN2O2. The standard InChI is InChI=1S/C13H21BrN2O2/c1-9-5-3-6-10(2)13(9)11(17)16(8-4-7-14)12(18)15-13/h9-10H,3-8H2,1-2H3,(H,15,18). The lowest BCUT2D eigenvalue weighted by Crippen LogP contribution is -2.58. The largest absolute Gasteiger partial charge is 0.325 e. The molecule has 1 N–H and O–H groups in total. The number of carbonyl (C=O) groups excluding carboxylic acids is 2. The number of hydrogen-bond donors (Lipinski definition) is 1. The Morgan fingerprint density at radius 3 is 2.50 bits per heavy atom. The van der Waals surface area contributed by atoms with Gasteiger partial charge in [-0.15, -0.1) is 0 Å². The van der Waals surface area contributed by atoms with E-state index in [1.54, 1.807) is 0 Å². The molecule has 1 aliphatic carbocycles. The summed E-state index contributed by atoms with van der Waals surface area (Å²) >= 11 is 3.34. The number of hydrogen-bond acceptors (Lipinski definition) is 2. The van der Waals surface area contributed by atoms with E-state index >= 15 is 0 Å². The number of carbonyl (C=O) groups is 2. The molecule has 1 saturated heterocycles. The number of imide groups is 1. The van der Waals surface area contributed by atoms with Crippen LogP contribution in [0.1, 0.15) is 39.5 Å². The van der Waals surface area contributed by atoms with Crippen molar-refractivity contribution < 1.29 is 9.59 Å². The quantitative estimate of drug-likeness (QED) is 0.642. The number of nitrogens with zero attached hydrogens (tertiary/aromatic N) is 1. The summed E-state index contributed by atoms with van der Waals surface area (Å²) in [6.45, 7) is 4.68. The Hall–Kier alpha value is -0.580. The fourth-order valence-corrected chi connectivity index (χ4v) is 3.62. The highest BCUT2D eigenvalue weighted by atomic mass is 79.9. The van der Waals surface area contributed by atoms with Crippen molar-refractivity contribution >= 4 is 27.9 Å². The summed E-state index contributed by atoms with van der Waals surface area (Å²) in [5.74, 6) is 0.450. The predicted molar refractivity (Wildman–Crippen MR) is 73.6 cm³/mol. The minimum absolute atomic E-state index is 0.00634. The number of rotatable bonds is 3.